The minimum absolute atomic E-state index is 0.321. The fraction of sp³-hybridized carbons (Fsp3) is 0.296. The Bertz CT molecular complexity index is 1530. The number of rotatable bonds is 7. The van der Waals surface area contributed by atoms with Crippen molar-refractivity contribution < 1.29 is 17.4 Å². The predicted molar refractivity (Wildman–Crippen MR) is 141 cm³/mol. The summed E-state index contributed by atoms with van der Waals surface area (Å²) in [5, 5.41) is 2.16. The Hall–Kier alpha value is -2.87. The number of hydrogen-bond donors (Lipinski definition) is 0. The lowest BCUT2D eigenvalue weighted by Gasteiger charge is -2.22. The third kappa shape index (κ3) is 4.81. The van der Waals surface area contributed by atoms with Crippen LogP contribution in [0.2, 0.25) is 5.02 Å². The van der Waals surface area contributed by atoms with Gasteiger partial charge in [0.25, 0.3) is 0 Å². The zero-order chi connectivity index (χ0) is 25.3. The molecule has 1 aliphatic carbocycles. The van der Waals surface area contributed by atoms with Gasteiger partial charge in [-0.15, -0.1) is 0 Å². The van der Waals surface area contributed by atoms with Gasteiger partial charge in [-0.05, 0) is 64.1 Å². The summed E-state index contributed by atoms with van der Waals surface area (Å²) >= 11 is 6.59. The van der Waals surface area contributed by atoms with Gasteiger partial charge in [0.15, 0.2) is 0 Å². The first-order valence-electron chi connectivity index (χ1n) is 11.8. The number of nitrogens with zero attached hydrogens (tertiary/aromatic N) is 2. The van der Waals surface area contributed by atoms with Crippen LogP contribution in [0.25, 0.3) is 33.4 Å². The first-order valence-corrected chi connectivity index (χ1v) is 13.6. The molecule has 0 saturated heterocycles. The van der Waals surface area contributed by atoms with Crippen molar-refractivity contribution in [3.05, 3.63) is 65.0 Å². The molecule has 0 spiro atoms. The van der Waals surface area contributed by atoms with Crippen LogP contribution in [0.3, 0.4) is 0 Å². The molecule has 0 atom stereocenters. The topological polar surface area (TPSA) is 76.6 Å². The van der Waals surface area contributed by atoms with Gasteiger partial charge in [0, 0.05) is 58.0 Å². The summed E-state index contributed by atoms with van der Waals surface area (Å²) in [6, 6.07) is 16.0. The lowest BCUT2D eigenvalue weighted by molar-refractivity contribution is 0.463. The number of benzene rings is 3. The maximum Gasteiger partial charge on any atom is 0.203 e. The second kappa shape index (κ2) is 10.0. The van der Waals surface area contributed by atoms with E-state index in [0.29, 0.717) is 21.9 Å². The van der Waals surface area contributed by atoms with E-state index < -0.39 is 10.1 Å². The van der Waals surface area contributed by atoms with Crippen LogP contribution in [0.4, 0.5) is 5.69 Å². The average Bonchev–Trinajstić information content (AvgIpc) is 2.83. The number of anilines is 1. The van der Waals surface area contributed by atoms with Gasteiger partial charge in [-0.25, -0.2) is 13.0 Å². The zero-order valence-corrected chi connectivity index (χ0v) is 21.9. The van der Waals surface area contributed by atoms with Crippen LogP contribution in [0.15, 0.2) is 63.9 Å². The van der Waals surface area contributed by atoms with E-state index in [1.807, 2.05) is 36.4 Å². The summed E-state index contributed by atoms with van der Waals surface area (Å²) < 4.78 is 44.0. The van der Waals surface area contributed by atoms with E-state index in [-0.39, 0.29) is 4.90 Å². The molecular weight excluding hydrogens is 484 g/mol. The normalized spacial score (nSPS) is 11.8. The Kier molecular flexibility index (Phi) is 7.22. The van der Waals surface area contributed by atoms with E-state index >= 15 is 0 Å². The lowest BCUT2D eigenvalue weighted by Crippen LogP contribution is -2.29. The number of fused-ring (bicyclic) bond motifs is 2. The molecule has 0 radical (unpaired) electrons. The van der Waals surface area contributed by atoms with E-state index in [1.54, 1.807) is 0 Å². The highest BCUT2D eigenvalue weighted by Gasteiger charge is 2.21. The second-order valence-corrected chi connectivity index (χ2v) is 10.1. The highest BCUT2D eigenvalue weighted by atomic mass is 35.5. The molecule has 184 valence electrons. The largest absolute Gasteiger partial charge is 0.744 e. The second-order valence-electron chi connectivity index (χ2n) is 8.28. The average molecular weight is 513 g/mol. The molecule has 0 aromatic heterocycles. The molecular formula is C27H29ClN2O4S. The van der Waals surface area contributed by atoms with Gasteiger partial charge in [-0.3, -0.25) is 0 Å². The molecule has 35 heavy (non-hydrogen) atoms. The molecule has 0 fully saturated rings. The minimum atomic E-state index is -4.65. The fourth-order valence-corrected chi connectivity index (χ4v) is 5.29. The van der Waals surface area contributed by atoms with Crippen LogP contribution in [0.5, 0.6) is 0 Å². The molecule has 1 heterocycles. The molecule has 2 aliphatic rings. The van der Waals surface area contributed by atoms with Crippen molar-refractivity contribution in [2.24, 2.45) is 0 Å². The molecule has 0 bridgehead atoms. The van der Waals surface area contributed by atoms with Crippen molar-refractivity contribution in [1.29, 1.82) is 0 Å². The molecule has 0 saturated carbocycles. The zero-order valence-electron chi connectivity index (χ0n) is 20.3. The van der Waals surface area contributed by atoms with E-state index in [4.69, 9.17) is 16.0 Å². The van der Waals surface area contributed by atoms with Crippen molar-refractivity contribution >= 4 is 38.4 Å². The first-order chi connectivity index (χ1) is 16.7. The van der Waals surface area contributed by atoms with Gasteiger partial charge in [0.2, 0.25) is 5.36 Å². The van der Waals surface area contributed by atoms with Gasteiger partial charge in [0.1, 0.15) is 34.6 Å². The summed E-state index contributed by atoms with van der Waals surface area (Å²) in [6.45, 7) is 11.8. The van der Waals surface area contributed by atoms with E-state index in [9.17, 15) is 13.0 Å². The van der Waals surface area contributed by atoms with Crippen molar-refractivity contribution in [3.8, 4) is 22.5 Å². The van der Waals surface area contributed by atoms with Crippen LogP contribution in [-0.4, -0.2) is 39.1 Å². The molecule has 8 heteroatoms. The van der Waals surface area contributed by atoms with Crippen LogP contribution in [-0.2, 0) is 10.1 Å². The highest BCUT2D eigenvalue weighted by Crippen LogP contribution is 2.43. The molecule has 2 aromatic rings. The summed E-state index contributed by atoms with van der Waals surface area (Å²) in [4.78, 5) is 1.90. The third-order valence-corrected chi connectivity index (χ3v) is 7.60. The van der Waals surface area contributed by atoms with Gasteiger partial charge in [-0.2, -0.15) is 0 Å². The summed E-state index contributed by atoms with van der Waals surface area (Å²) in [6.07, 6.45) is 0. The highest BCUT2D eigenvalue weighted by molar-refractivity contribution is 7.85. The third-order valence-electron chi connectivity index (χ3n) is 6.44. The number of hydrogen-bond acceptors (Lipinski definition) is 5. The standard InChI is InChI=1S/C27H29ClN2O4S/c1-5-29(6-2)18-9-12-21-25(15-18)34-26-16-19(30(7-3)8-4)10-13-22(26)27(21)23-17-20(35(31,32)33)11-14-24(23)28/h9-17H,5-8H2,1-4H3. The maximum atomic E-state index is 11.8. The minimum Gasteiger partial charge on any atom is -0.744 e. The molecule has 1 aliphatic heterocycles. The van der Waals surface area contributed by atoms with E-state index in [1.165, 1.54) is 18.2 Å². The molecule has 0 amide bonds. The van der Waals surface area contributed by atoms with Crippen LogP contribution >= 0.6 is 11.6 Å². The fourth-order valence-electron chi connectivity index (χ4n) is 4.58. The lowest BCUT2D eigenvalue weighted by atomic mass is 9.93. The quantitative estimate of drug-likeness (QED) is 0.188. The smallest absolute Gasteiger partial charge is 0.203 e. The SMILES string of the molecule is CCN(CC)c1ccc2c(-c3cc(S(=O)(=O)[O-])ccc3Cl)c3ccc(=[N+](CC)CC)cc-3oc2c1. The Labute approximate surface area is 211 Å². The Morgan fingerprint density at radius 2 is 1.63 bits per heavy atom. The van der Waals surface area contributed by atoms with Gasteiger partial charge >= 0.3 is 0 Å². The monoisotopic (exact) mass is 512 g/mol. The Morgan fingerprint density at radius 3 is 2.26 bits per heavy atom. The predicted octanol–water partition coefficient (Wildman–Crippen LogP) is 5.42. The van der Waals surface area contributed by atoms with Gasteiger partial charge in [0.05, 0.1) is 11.0 Å². The Balaban J connectivity index is 2.15. The van der Waals surface area contributed by atoms with Crippen LogP contribution < -0.4 is 14.8 Å². The number of halogens is 1. The molecule has 2 aromatic carbocycles. The summed E-state index contributed by atoms with van der Waals surface area (Å²) in [5.41, 5.74) is 3.67. The van der Waals surface area contributed by atoms with Crippen LogP contribution in [0, 0.1) is 0 Å². The van der Waals surface area contributed by atoms with Crippen molar-refractivity contribution in [2.75, 3.05) is 31.1 Å². The summed E-state index contributed by atoms with van der Waals surface area (Å²) in [7, 11) is -4.65. The maximum absolute atomic E-state index is 11.8. The Morgan fingerprint density at radius 1 is 0.914 bits per heavy atom. The molecule has 0 N–H and O–H groups in total. The molecule has 0 unspecified atom stereocenters. The van der Waals surface area contributed by atoms with Crippen LogP contribution in [0.1, 0.15) is 27.7 Å². The molecule has 4 rings (SSSR count). The van der Waals surface area contributed by atoms with Crippen molar-refractivity contribution in [3.63, 3.8) is 0 Å². The van der Waals surface area contributed by atoms with E-state index in [0.717, 1.165) is 53.7 Å². The van der Waals surface area contributed by atoms with E-state index in [2.05, 4.69) is 37.2 Å². The van der Waals surface area contributed by atoms with Gasteiger partial charge < -0.3 is 13.9 Å². The summed E-state index contributed by atoms with van der Waals surface area (Å²) in [5.74, 6) is 0.653. The van der Waals surface area contributed by atoms with Gasteiger partial charge in [-0.1, -0.05) is 11.6 Å². The molecule has 6 nitrogen and oxygen atoms in total. The van der Waals surface area contributed by atoms with Crippen molar-refractivity contribution in [2.45, 2.75) is 32.6 Å². The first kappa shape index (κ1) is 25.2. The van der Waals surface area contributed by atoms with Crippen molar-refractivity contribution in [1.82, 2.24) is 4.58 Å².